The molecule has 0 aromatic heterocycles. The van der Waals surface area contributed by atoms with Crippen molar-refractivity contribution < 1.29 is 9.53 Å². The summed E-state index contributed by atoms with van der Waals surface area (Å²) < 4.78 is 5.52. The van der Waals surface area contributed by atoms with Gasteiger partial charge in [-0.05, 0) is 48.9 Å². The Morgan fingerprint density at radius 1 is 1.37 bits per heavy atom. The Hall–Kier alpha value is -0.790. The van der Waals surface area contributed by atoms with Crippen LogP contribution in [0.25, 0.3) is 0 Å². The quantitative estimate of drug-likeness (QED) is 0.553. The van der Waals surface area contributed by atoms with Crippen molar-refractivity contribution in [3.63, 3.8) is 0 Å². The van der Waals surface area contributed by atoms with Crippen LogP contribution < -0.4 is 0 Å². The molecule has 3 rings (SSSR count). The lowest BCUT2D eigenvalue weighted by Crippen LogP contribution is -2.44. The Labute approximate surface area is 116 Å². The molecule has 106 valence electrons. The molecular weight excluding hydrogens is 236 g/mol. The Kier molecular flexibility index (Phi) is 2.69. The van der Waals surface area contributed by atoms with Crippen LogP contribution in [-0.2, 0) is 9.53 Å². The standard InChI is InChI=1S/C17H26O2/c1-12-6-9-15(3)10-14(12)17(11-19-13(2)18)8-5-7-16(15,17)4/h14H,1,5-11H2,2-4H3/t14-,15-,16-,17-/m0/s1. The summed E-state index contributed by atoms with van der Waals surface area (Å²) in [4.78, 5) is 11.3. The average Bonchev–Trinajstić information content (AvgIpc) is 2.75. The largest absolute Gasteiger partial charge is 0.465 e. The summed E-state index contributed by atoms with van der Waals surface area (Å²) >= 11 is 0. The van der Waals surface area contributed by atoms with Crippen LogP contribution in [0, 0.1) is 22.2 Å². The van der Waals surface area contributed by atoms with Crippen LogP contribution in [0.4, 0.5) is 0 Å². The van der Waals surface area contributed by atoms with Crippen molar-refractivity contribution in [1.29, 1.82) is 0 Å². The summed E-state index contributed by atoms with van der Waals surface area (Å²) in [6, 6.07) is 0. The first kappa shape index (κ1) is 13.2. The molecule has 3 aliphatic carbocycles. The van der Waals surface area contributed by atoms with Crippen LogP contribution in [0.3, 0.4) is 0 Å². The van der Waals surface area contributed by atoms with Gasteiger partial charge in [0.2, 0.25) is 0 Å². The maximum Gasteiger partial charge on any atom is 0.302 e. The van der Waals surface area contributed by atoms with Gasteiger partial charge in [-0.1, -0.05) is 32.4 Å². The van der Waals surface area contributed by atoms with Crippen LogP contribution in [0.2, 0.25) is 0 Å². The minimum atomic E-state index is -0.138. The van der Waals surface area contributed by atoms with E-state index in [9.17, 15) is 4.79 Å². The van der Waals surface area contributed by atoms with Gasteiger partial charge in [-0.15, -0.1) is 0 Å². The van der Waals surface area contributed by atoms with Gasteiger partial charge in [0.15, 0.2) is 0 Å². The number of carbonyl (C=O) groups is 1. The number of allylic oxidation sites excluding steroid dienone is 1. The number of hydrogen-bond acceptors (Lipinski definition) is 2. The van der Waals surface area contributed by atoms with Crippen LogP contribution in [0.15, 0.2) is 12.2 Å². The van der Waals surface area contributed by atoms with Crippen molar-refractivity contribution in [2.75, 3.05) is 6.61 Å². The lowest BCUT2D eigenvalue weighted by Gasteiger charge is -2.46. The van der Waals surface area contributed by atoms with Gasteiger partial charge in [0, 0.05) is 12.3 Å². The molecule has 4 atom stereocenters. The average molecular weight is 262 g/mol. The maximum absolute atomic E-state index is 11.3. The van der Waals surface area contributed by atoms with Gasteiger partial charge < -0.3 is 4.74 Å². The van der Waals surface area contributed by atoms with E-state index in [1.54, 1.807) is 0 Å². The number of carbonyl (C=O) groups excluding carboxylic acids is 1. The van der Waals surface area contributed by atoms with E-state index < -0.39 is 0 Å². The van der Waals surface area contributed by atoms with Gasteiger partial charge in [-0.2, -0.15) is 0 Å². The maximum atomic E-state index is 11.3. The van der Waals surface area contributed by atoms with Crippen molar-refractivity contribution >= 4 is 5.97 Å². The van der Waals surface area contributed by atoms with Crippen molar-refractivity contribution in [2.45, 2.75) is 59.3 Å². The van der Waals surface area contributed by atoms with E-state index in [-0.39, 0.29) is 11.4 Å². The van der Waals surface area contributed by atoms with Crippen LogP contribution in [0.5, 0.6) is 0 Å². The van der Waals surface area contributed by atoms with Gasteiger partial charge >= 0.3 is 5.97 Å². The van der Waals surface area contributed by atoms with Crippen LogP contribution in [-0.4, -0.2) is 12.6 Å². The molecule has 2 heteroatoms. The van der Waals surface area contributed by atoms with E-state index in [2.05, 4.69) is 20.4 Å². The first-order chi connectivity index (χ1) is 8.85. The first-order valence-electron chi connectivity index (χ1n) is 7.66. The number of rotatable bonds is 2. The highest BCUT2D eigenvalue weighted by Gasteiger charge is 2.70. The predicted molar refractivity (Wildman–Crippen MR) is 75.6 cm³/mol. The highest BCUT2D eigenvalue weighted by Crippen LogP contribution is 2.77. The zero-order valence-electron chi connectivity index (χ0n) is 12.6. The number of fused-ring (bicyclic) bond motifs is 5. The highest BCUT2D eigenvalue weighted by molar-refractivity contribution is 5.66. The minimum absolute atomic E-state index is 0.138. The van der Waals surface area contributed by atoms with Gasteiger partial charge in [0.1, 0.15) is 0 Å². The fourth-order valence-corrected chi connectivity index (χ4v) is 5.70. The Morgan fingerprint density at radius 3 is 2.79 bits per heavy atom. The fourth-order valence-electron chi connectivity index (χ4n) is 5.70. The number of ether oxygens (including phenoxy) is 1. The van der Waals surface area contributed by atoms with E-state index in [1.165, 1.54) is 51.0 Å². The van der Waals surface area contributed by atoms with E-state index >= 15 is 0 Å². The van der Waals surface area contributed by atoms with E-state index in [1.807, 2.05) is 0 Å². The molecule has 0 heterocycles. The SMILES string of the molecule is C=C1CC[C@@]2(C)C[C@@H]1[C@@]1(COC(C)=O)CCC[C@@]21C. The molecule has 0 amide bonds. The van der Waals surface area contributed by atoms with E-state index in [4.69, 9.17) is 4.74 Å². The summed E-state index contributed by atoms with van der Waals surface area (Å²) in [6.45, 7) is 11.4. The van der Waals surface area contributed by atoms with Crippen molar-refractivity contribution in [3.05, 3.63) is 12.2 Å². The molecule has 19 heavy (non-hydrogen) atoms. The predicted octanol–water partition coefficient (Wildman–Crippen LogP) is 4.10. The Balaban J connectivity index is 2.03. The van der Waals surface area contributed by atoms with Crippen molar-refractivity contribution in [1.82, 2.24) is 0 Å². The molecular formula is C17H26O2. The van der Waals surface area contributed by atoms with Gasteiger partial charge in [-0.25, -0.2) is 0 Å². The van der Waals surface area contributed by atoms with E-state index in [0.717, 1.165) is 0 Å². The molecule has 2 nitrogen and oxygen atoms in total. The lowest BCUT2D eigenvalue weighted by molar-refractivity contribution is -0.148. The number of esters is 1. The molecule has 0 aromatic carbocycles. The Morgan fingerprint density at radius 2 is 2.11 bits per heavy atom. The molecule has 3 saturated carbocycles. The molecule has 0 N–H and O–H groups in total. The second kappa shape index (κ2) is 3.86. The monoisotopic (exact) mass is 262 g/mol. The molecule has 2 bridgehead atoms. The lowest BCUT2D eigenvalue weighted by atomic mass is 9.59. The fraction of sp³-hybridized carbons (Fsp3) is 0.824. The molecule has 0 radical (unpaired) electrons. The molecule has 3 aliphatic rings. The molecule has 0 unspecified atom stereocenters. The van der Waals surface area contributed by atoms with E-state index in [0.29, 0.717) is 23.4 Å². The van der Waals surface area contributed by atoms with Gasteiger partial charge in [0.25, 0.3) is 0 Å². The first-order valence-corrected chi connectivity index (χ1v) is 7.66. The van der Waals surface area contributed by atoms with Crippen molar-refractivity contribution in [2.24, 2.45) is 22.2 Å². The molecule has 3 fully saturated rings. The molecule has 0 aromatic rings. The third-order valence-corrected chi connectivity index (χ3v) is 7.08. The molecule has 0 saturated heterocycles. The zero-order chi connectivity index (χ0) is 13.9. The third kappa shape index (κ3) is 1.46. The summed E-state index contributed by atoms with van der Waals surface area (Å²) in [5.41, 5.74) is 2.31. The third-order valence-electron chi connectivity index (χ3n) is 7.08. The van der Waals surface area contributed by atoms with Crippen LogP contribution >= 0.6 is 0 Å². The topological polar surface area (TPSA) is 26.3 Å². The Bertz CT molecular complexity index is 441. The summed E-state index contributed by atoms with van der Waals surface area (Å²) in [6.07, 6.45) is 7.45. The summed E-state index contributed by atoms with van der Waals surface area (Å²) in [5.74, 6) is 0.430. The highest BCUT2D eigenvalue weighted by atomic mass is 16.5. The van der Waals surface area contributed by atoms with Crippen molar-refractivity contribution in [3.8, 4) is 0 Å². The van der Waals surface area contributed by atoms with Crippen LogP contribution in [0.1, 0.15) is 59.3 Å². The molecule has 0 spiro atoms. The van der Waals surface area contributed by atoms with Gasteiger partial charge in [-0.3, -0.25) is 4.79 Å². The second-order valence-corrected chi connectivity index (χ2v) is 7.60. The molecule has 0 aliphatic heterocycles. The second-order valence-electron chi connectivity index (χ2n) is 7.60. The smallest absolute Gasteiger partial charge is 0.302 e. The van der Waals surface area contributed by atoms with Gasteiger partial charge in [0.05, 0.1) is 6.61 Å². The summed E-state index contributed by atoms with van der Waals surface area (Å²) in [7, 11) is 0. The summed E-state index contributed by atoms with van der Waals surface area (Å²) in [5, 5.41) is 0. The normalized spacial score (nSPS) is 48.2. The number of hydrogen-bond donors (Lipinski definition) is 0. The minimum Gasteiger partial charge on any atom is -0.465 e. The zero-order valence-corrected chi connectivity index (χ0v) is 12.6.